The lowest BCUT2D eigenvalue weighted by atomic mass is 9.96. The summed E-state index contributed by atoms with van der Waals surface area (Å²) in [5, 5.41) is -0.0538. The third-order valence-electron chi connectivity index (χ3n) is 3.63. The lowest BCUT2D eigenvalue weighted by Crippen LogP contribution is -2.67. The topological polar surface area (TPSA) is 101 Å². The molecule has 134 valence electrons. The molecule has 2 saturated heterocycles. The van der Waals surface area contributed by atoms with Crippen LogP contribution in [0.25, 0.3) is 0 Å². The van der Waals surface area contributed by atoms with Crippen molar-refractivity contribution < 1.29 is 38.1 Å². The van der Waals surface area contributed by atoms with E-state index in [1.54, 1.807) is 0 Å². The summed E-state index contributed by atoms with van der Waals surface area (Å²) in [6, 6.07) is 0. The van der Waals surface area contributed by atoms with Crippen LogP contribution in [0.3, 0.4) is 0 Å². The third-order valence-corrected chi connectivity index (χ3v) is 3.94. The first kappa shape index (κ1) is 18.6. The summed E-state index contributed by atoms with van der Waals surface area (Å²) in [6.45, 7) is 3.90. The smallest absolute Gasteiger partial charge is 0.303 e. The van der Waals surface area contributed by atoms with Crippen molar-refractivity contribution in [2.24, 2.45) is 0 Å². The van der Waals surface area contributed by atoms with Crippen molar-refractivity contribution in [2.75, 3.05) is 13.7 Å². The van der Waals surface area contributed by atoms with Crippen LogP contribution in [0.2, 0.25) is 0 Å². The van der Waals surface area contributed by atoms with Crippen LogP contribution in [0.1, 0.15) is 20.8 Å². The molecule has 10 heteroatoms. The summed E-state index contributed by atoms with van der Waals surface area (Å²) >= 11 is 5.07. The molecule has 1 amide bonds. The average molecular weight is 361 g/mol. The highest BCUT2D eigenvalue weighted by molar-refractivity contribution is 7.80. The highest BCUT2D eigenvalue weighted by Crippen LogP contribution is 2.32. The van der Waals surface area contributed by atoms with Crippen molar-refractivity contribution in [3.63, 3.8) is 0 Å². The molecule has 0 unspecified atom stereocenters. The Morgan fingerprint density at radius 2 is 1.71 bits per heavy atom. The number of esters is 2. The number of hydrogen-bond donors (Lipinski definition) is 0. The first-order valence-corrected chi connectivity index (χ1v) is 7.66. The Bertz CT molecular complexity index is 553. The maximum absolute atomic E-state index is 11.6. The molecule has 5 atom stereocenters. The number of ether oxygens (including phenoxy) is 5. The second-order valence-corrected chi connectivity index (χ2v) is 5.75. The van der Waals surface area contributed by atoms with Gasteiger partial charge in [-0.3, -0.25) is 19.3 Å². The van der Waals surface area contributed by atoms with Crippen molar-refractivity contribution >= 4 is 35.2 Å². The molecule has 0 saturated carbocycles. The Labute approximate surface area is 144 Å². The van der Waals surface area contributed by atoms with Gasteiger partial charge in [-0.1, -0.05) is 0 Å². The number of nitrogens with zero attached hydrogens (tertiary/aromatic N) is 1. The van der Waals surface area contributed by atoms with E-state index in [4.69, 9.17) is 35.9 Å². The van der Waals surface area contributed by atoms with Crippen LogP contribution >= 0.6 is 12.2 Å². The SMILES string of the molecule is CO[C@H]1O[C@@H]2CN(C(C)=O)C(=S)O[C@@H]2[C@H](OC(C)=O)[C@H]1OC(C)=O. The van der Waals surface area contributed by atoms with Crippen molar-refractivity contribution in [1.29, 1.82) is 0 Å². The fourth-order valence-corrected chi connectivity index (χ4v) is 3.01. The molecule has 2 fully saturated rings. The number of hydrogen-bond acceptors (Lipinski definition) is 9. The minimum absolute atomic E-state index is 0.0538. The molecular weight excluding hydrogens is 342 g/mol. The monoisotopic (exact) mass is 361 g/mol. The number of methoxy groups -OCH3 is 1. The molecule has 2 aliphatic heterocycles. The highest BCUT2D eigenvalue weighted by Gasteiger charge is 2.54. The Hall–Kier alpha value is -1.78. The van der Waals surface area contributed by atoms with E-state index in [0.717, 1.165) is 0 Å². The number of fused-ring (bicyclic) bond motifs is 1. The molecule has 0 bridgehead atoms. The molecular formula is C14H19NO8S. The second kappa shape index (κ2) is 7.41. The fraction of sp³-hybridized carbons (Fsp3) is 0.714. The highest BCUT2D eigenvalue weighted by atomic mass is 32.1. The molecule has 0 N–H and O–H groups in total. The lowest BCUT2D eigenvalue weighted by molar-refractivity contribution is -0.299. The minimum atomic E-state index is -1.02. The standard InChI is InChI=1S/C14H19NO8S/c1-6(16)15-5-9-10(23-14(15)24)11(20-7(2)17)12(21-8(3)18)13(19-4)22-9/h9-13H,5H2,1-4H3/t9-,10+,11+,12-,13+/m1/s1. The Morgan fingerprint density at radius 1 is 1.12 bits per heavy atom. The van der Waals surface area contributed by atoms with Gasteiger partial charge in [0.05, 0.1) is 6.54 Å². The van der Waals surface area contributed by atoms with Crippen LogP contribution in [0.5, 0.6) is 0 Å². The number of carbonyl (C=O) groups excluding carboxylic acids is 3. The second-order valence-electron chi connectivity index (χ2n) is 5.40. The zero-order chi connectivity index (χ0) is 18.0. The van der Waals surface area contributed by atoms with E-state index in [0.29, 0.717) is 0 Å². The van der Waals surface area contributed by atoms with E-state index in [9.17, 15) is 14.4 Å². The van der Waals surface area contributed by atoms with E-state index < -0.39 is 42.6 Å². The summed E-state index contributed by atoms with van der Waals surface area (Å²) < 4.78 is 27.0. The van der Waals surface area contributed by atoms with Gasteiger partial charge in [-0.2, -0.15) is 0 Å². The van der Waals surface area contributed by atoms with Crippen molar-refractivity contribution in [3.05, 3.63) is 0 Å². The zero-order valence-electron chi connectivity index (χ0n) is 13.7. The van der Waals surface area contributed by atoms with Gasteiger partial charge in [-0.15, -0.1) is 0 Å². The molecule has 2 aliphatic rings. The molecule has 0 aromatic rings. The quantitative estimate of drug-likeness (QED) is 0.497. The van der Waals surface area contributed by atoms with Crippen molar-refractivity contribution in [2.45, 2.75) is 51.5 Å². The van der Waals surface area contributed by atoms with E-state index in [-0.39, 0.29) is 17.6 Å². The van der Waals surface area contributed by atoms with Crippen molar-refractivity contribution in [3.8, 4) is 0 Å². The Balaban J connectivity index is 2.31. The van der Waals surface area contributed by atoms with Gasteiger partial charge in [0, 0.05) is 27.9 Å². The van der Waals surface area contributed by atoms with Crippen LogP contribution in [0.15, 0.2) is 0 Å². The maximum Gasteiger partial charge on any atom is 0.303 e. The minimum Gasteiger partial charge on any atom is -0.460 e. The predicted octanol–water partition coefficient (Wildman–Crippen LogP) is -0.247. The normalized spacial score (nSPS) is 32.4. The molecule has 0 radical (unpaired) electrons. The van der Waals surface area contributed by atoms with Crippen LogP contribution in [-0.2, 0) is 38.1 Å². The largest absolute Gasteiger partial charge is 0.460 e. The van der Waals surface area contributed by atoms with E-state index in [2.05, 4.69) is 0 Å². The molecule has 0 aliphatic carbocycles. The molecule has 2 rings (SSSR count). The molecule has 0 spiro atoms. The number of amides is 1. The van der Waals surface area contributed by atoms with E-state index >= 15 is 0 Å². The van der Waals surface area contributed by atoms with Gasteiger partial charge in [-0.25, -0.2) is 0 Å². The molecule has 0 aromatic carbocycles. The molecule has 24 heavy (non-hydrogen) atoms. The molecule has 2 heterocycles. The summed E-state index contributed by atoms with van der Waals surface area (Å²) in [5.41, 5.74) is 0. The predicted molar refractivity (Wildman–Crippen MR) is 81.6 cm³/mol. The van der Waals surface area contributed by atoms with Crippen LogP contribution in [0, 0.1) is 0 Å². The molecule has 9 nitrogen and oxygen atoms in total. The van der Waals surface area contributed by atoms with Gasteiger partial charge in [0.25, 0.3) is 5.17 Å². The summed E-state index contributed by atoms with van der Waals surface area (Å²) in [6.07, 6.45) is -4.48. The average Bonchev–Trinajstić information content (AvgIpc) is 2.48. The van der Waals surface area contributed by atoms with Gasteiger partial charge in [0.15, 0.2) is 24.6 Å². The Kier molecular flexibility index (Phi) is 5.73. The number of rotatable bonds is 3. The first-order chi connectivity index (χ1) is 11.2. The lowest BCUT2D eigenvalue weighted by Gasteiger charge is -2.48. The molecule has 0 aromatic heterocycles. The van der Waals surface area contributed by atoms with Crippen LogP contribution < -0.4 is 0 Å². The van der Waals surface area contributed by atoms with Gasteiger partial charge in [0.2, 0.25) is 5.91 Å². The Morgan fingerprint density at radius 3 is 2.21 bits per heavy atom. The van der Waals surface area contributed by atoms with Crippen molar-refractivity contribution in [1.82, 2.24) is 4.90 Å². The maximum atomic E-state index is 11.6. The fourth-order valence-electron chi connectivity index (χ4n) is 2.69. The van der Waals surface area contributed by atoms with Gasteiger partial charge in [0.1, 0.15) is 6.10 Å². The summed E-state index contributed by atoms with van der Waals surface area (Å²) in [4.78, 5) is 35.7. The summed E-state index contributed by atoms with van der Waals surface area (Å²) in [7, 11) is 1.36. The first-order valence-electron chi connectivity index (χ1n) is 7.26. The van der Waals surface area contributed by atoms with Gasteiger partial charge in [-0.05, 0) is 12.2 Å². The number of carbonyl (C=O) groups is 3. The van der Waals surface area contributed by atoms with Crippen LogP contribution in [0.4, 0.5) is 0 Å². The van der Waals surface area contributed by atoms with E-state index in [1.807, 2.05) is 0 Å². The van der Waals surface area contributed by atoms with E-state index in [1.165, 1.54) is 32.8 Å². The van der Waals surface area contributed by atoms with Gasteiger partial charge >= 0.3 is 11.9 Å². The zero-order valence-corrected chi connectivity index (χ0v) is 14.5. The van der Waals surface area contributed by atoms with Crippen LogP contribution in [-0.4, -0.2) is 72.3 Å². The van der Waals surface area contributed by atoms with Gasteiger partial charge < -0.3 is 23.7 Å². The summed E-state index contributed by atoms with van der Waals surface area (Å²) in [5.74, 6) is -1.48. The third kappa shape index (κ3) is 3.82. The number of thiocarbonyl (C=S) groups is 1.